The lowest BCUT2D eigenvalue weighted by Crippen LogP contribution is -2.22. The molecular formula is C12H11F6NO. The summed E-state index contributed by atoms with van der Waals surface area (Å²) in [5, 5.41) is 2.80. The van der Waals surface area contributed by atoms with Crippen molar-refractivity contribution in [3.05, 3.63) is 34.9 Å². The molecule has 20 heavy (non-hydrogen) atoms. The molecule has 8 heteroatoms. The zero-order valence-corrected chi connectivity index (χ0v) is 10.3. The number of rotatable bonds is 1. The Morgan fingerprint density at radius 1 is 1.00 bits per heavy atom. The largest absolute Gasteiger partial charge is 0.416 e. The highest BCUT2D eigenvalue weighted by molar-refractivity contribution is 5.35. The lowest BCUT2D eigenvalue weighted by Gasteiger charge is -2.19. The van der Waals surface area contributed by atoms with Gasteiger partial charge in [0.05, 0.1) is 24.0 Å². The molecule has 0 saturated carbocycles. The summed E-state index contributed by atoms with van der Waals surface area (Å²) >= 11 is 0. The van der Waals surface area contributed by atoms with Crippen LogP contribution in [-0.2, 0) is 17.1 Å². The minimum atomic E-state index is -4.84. The third-order valence-corrected chi connectivity index (χ3v) is 3.06. The van der Waals surface area contributed by atoms with Gasteiger partial charge in [-0.1, -0.05) is 0 Å². The molecule has 1 N–H and O–H groups in total. The van der Waals surface area contributed by atoms with Gasteiger partial charge in [-0.3, -0.25) is 5.32 Å². The van der Waals surface area contributed by atoms with Crippen LogP contribution < -0.4 is 5.32 Å². The van der Waals surface area contributed by atoms with Crippen molar-refractivity contribution in [2.75, 3.05) is 6.73 Å². The van der Waals surface area contributed by atoms with E-state index in [1.165, 1.54) is 0 Å². The Balaban J connectivity index is 2.51. The molecular weight excluding hydrogens is 288 g/mol. The summed E-state index contributed by atoms with van der Waals surface area (Å²) in [6.07, 6.45) is -10.5. The SMILES string of the molecule is C[C@H]1NCO[C@H]1c1cc(C(F)(F)F)cc(C(F)(F)F)c1. The van der Waals surface area contributed by atoms with Crippen molar-refractivity contribution in [2.24, 2.45) is 0 Å². The van der Waals surface area contributed by atoms with E-state index in [1.54, 1.807) is 6.92 Å². The number of halogens is 6. The molecule has 2 nitrogen and oxygen atoms in total. The van der Waals surface area contributed by atoms with Gasteiger partial charge in [-0.2, -0.15) is 26.3 Å². The minimum Gasteiger partial charge on any atom is -0.357 e. The van der Waals surface area contributed by atoms with Gasteiger partial charge in [-0.05, 0) is 30.7 Å². The first-order chi connectivity index (χ1) is 9.09. The molecule has 1 aliphatic rings. The number of ether oxygens (including phenoxy) is 1. The smallest absolute Gasteiger partial charge is 0.357 e. The first-order valence-corrected chi connectivity index (χ1v) is 5.73. The monoisotopic (exact) mass is 299 g/mol. The topological polar surface area (TPSA) is 21.3 Å². The second-order valence-corrected chi connectivity index (χ2v) is 4.56. The molecule has 0 radical (unpaired) electrons. The van der Waals surface area contributed by atoms with Gasteiger partial charge in [-0.15, -0.1) is 0 Å². The number of nitrogens with one attached hydrogen (secondary N) is 1. The Labute approximate surface area is 110 Å². The van der Waals surface area contributed by atoms with Gasteiger partial charge in [0.15, 0.2) is 0 Å². The summed E-state index contributed by atoms with van der Waals surface area (Å²) in [5.41, 5.74) is -2.79. The van der Waals surface area contributed by atoms with Gasteiger partial charge in [-0.25, -0.2) is 0 Å². The van der Waals surface area contributed by atoms with Crippen LogP contribution in [0.1, 0.15) is 29.7 Å². The fraction of sp³-hybridized carbons (Fsp3) is 0.500. The minimum absolute atomic E-state index is 0.0867. The van der Waals surface area contributed by atoms with E-state index in [4.69, 9.17) is 4.74 Å². The van der Waals surface area contributed by atoms with E-state index in [-0.39, 0.29) is 24.4 Å². The lowest BCUT2D eigenvalue weighted by molar-refractivity contribution is -0.143. The van der Waals surface area contributed by atoms with Crippen molar-refractivity contribution < 1.29 is 31.1 Å². The maximum Gasteiger partial charge on any atom is 0.416 e. The van der Waals surface area contributed by atoms with Gasteiger partial charge in [0.2, 0.25) is 0 Å². The molecule has 1 aliphatic heterocycles. The average molecular weight is 299 g/mol. The van der Waals surface area contributed by atoms with Crippen molar-refractivity contribution in [3.63, 3.8) is 0 Å². The van der Waals surface area contributed by atoms with E-state index in [2.05, 4.69) is 5.32 Å². The summed E-state index contributed by atoms with van der Waals surface area (Å²) < 4.78 is 81.3. The van der Waals surface area contributed by atoms with Crippen LogP contribution >= 0.6 is 0 Å². The standard InChI is InChI=1S/C12H11F6NO/c1-6-10(20-5-19-6)7-2-8(11(13,14)15)4-9(3-7)12(16,17)18/h2-4,6,10,19H,5H2,1H3/t6-,10-/m1/s1. The van der Waals surface area contributed by atoms with E-state index in [9.17, 15) is 26.3 Å². The quantitative estimate of drug-likeness (QED) is 0.798. The van der Waals surface area contributed by atoms with Crippen LogP contribution in [0, 0.1) is 0 Å². The van der Waals surface area contributed by atoms with Crippen molar-refractivity contribution >= 4 is 0 Å². The lowest BCUT2D eigenvalue weighted by atomic mass is 9.98. The van der Waals surface area contributed by atoms with Gasteiger partial charge < -0.3 is 4.74 Å². The second-order valence-electron chi connectivity index (χ2n) is 4.56. The maximum atomic E-state index is 12.7. The summed E-state index contributed by atoms with van der Waals surface area (Å²) in [4.78, 5) is 0. The Kier molecular flexibility index (Phi) is 3.72. The fourth-order valence-electron chi connectivity index (χ4n) is 2.05. The zero-order chi connectivity index (χ0) is 15.1. The molecule has 1 aromatic rings. The predicted molar refractivity (Wildman–Crippen MR) is 57.7 cm³/mol. The highest BCUT2D eigenvalue weighted by atomic mass is 19.4. The first kappa shape index (κ1) is 15.1. The molecule has 0 spiro atoms. The van der Waals surface area contributed by atoms with E-state index >= 15 is 0 Å². The van der Waals surface area contributed by atoms with Crippen LogP contribution in [0.5, 0.6) is 0 Å². The van der Waals surface area contributed by atoms with Crippen LogP contribution in [0.4, 0.5) is 26.3 Å². The molecule has 112 valence electrons. The summed E-state index contributed by atoms with van der Waals surface area (Å²) in [5.74, 6) is 0. The second kappa shape index (κ2) is 4.92. The van der Waals surface area contributed by atoms with Crippen molar-refractivity contribution in [1.29, 1.82) is 0 Å². The molecule has 0 aliphatic carbocycles. The molecule has 0 bridgehead atoms. The number of hydrogen-bond acceptors (Lipinski definition) is 2. The fourth-order valence-corrected chi connectivity index (χ4v) is 2.05. The Morgan fingerprint density at radius 2 is 1.50 bits per heavy atom. The molecule has 1 aromatic carbocycles. The third kappa shape index (κ3) is 3.06. The average Bonchev–Trinajstić information content (AvgIpc) is 2.72. The van der Waals surface area contributed by atoms with Gasteiger partial charge in [0.1, 0.15) is 0 Å². The summed E-state index contributed by atoms with van der Waals surface area (Å²) in [7, 11) is 0. The van der Waals surface area contributed by atoms with E-state index in [0.29, 0.717) is 12.1 Å². The van der Waals surface area contributed by atoms with Crippen LogP contribution in [0.2, 0.25) is 0 Å². The van der Waals surface area contributed by atoms with Gasteiger partial charge in [0, 0.05) is 6.04 Å². The molecule has 0 amide bonds. The Hall–Kier alpha value is -1.28. The van der Waals surface area contributed by atoms with E-state index in [1.807, 2.05) is 0 Å². The van der Waals surface area contributed by atoms with Crippen LogP contribution in [-0.4, -0.2) is 12.8 Å². The number of benzene rings is 1. The first-order valence-electron chi connectivity index (χ1n) is 5.73. The molecule has 0 aromatic heterocycles. The molecule has 2 atom stereocenters. The van der Waals surface area contributed by atoms with Gasteiger partial charge >= 0.3 is 12.4 Å². The number of hydrogen-bond donors (Lipinski definition) is 1. The predicted octanol–water partition coefficient (Wildman–Crippen LogP) is 3.73. The number of alkyl halides is 6. The summed E-state index contributed by atoms with van der Waals surface area (Å²) in [6.45, 7) is 1.72. The highest BCUT2D eigenvalue weighted by Crippen LogP contribution is 2.38. The van der Waals surface area contributed by atoms with Gasteiger partial charge in [0.25, 0.3) is 0 Å². The molecule has 1 fully saturated rings. The Bertz CT molecular complexity index is 463. The summed E-state index contributed by atoms with van der Waals surface area (Å²) in [6, 6.07) is 1.14. The van der Waals surface area contributed by atoms with Crippen LogP contribution in [0.3, 0.4) is 0 Å². The molecule has 1 saturated heterocycles. The van der Waals surface area contributed by atoms with Crippen molar-refractivity contribution in [2.45, 2.75) is 31.4 Å². The van der Waals surface area contributed by atoms with Crippen LogP contribution in [0.25, 0.3) is 0 Å². The Morgan fingerprint density at radius 3 is 1.85 bits per heavy atom. The van der Waals surface area contributed by atoms with E-state index < -0.39 is 29.6 Å². The van der Waals surface area contributed by atoms with Crippen molar-refractivity contribution in [3.8, 4) is 0 Å². The maximum absolute atomic E-state index is 12.7. The molecule has 0 unspecified atom stereocenters. The molecule has 1 heterocycles. The van der Waals surface area contributed by atoms with Crippen LogP contribution in [0.15, 0.2) is 18.2 Å². The normalized spacial score (nSPS) is 24.1. The highest BCUT2D eigenvalue weighted by Gasteiger charge is 2.38. The van der Waals surface area contributed by atoms with Crippen molar-refractivity contribution in [1.82, 2.24) is 5.32 Å². The van der Waals surface area contributed by atoms with E-state index in [0.717, 1.165) is 0 Å². The zero-order valence-electron chi connectivity index (χ0n) is 10.3. The third-order valence-electron chi connectivity index (χ3n) is 3.06. The molecule has 2 rings (SSSR count).